The minimum Gasteiger partial charge on any atom is -0.463 e. The second-order valence-corrected chi connectivity index (χ2v) is 7.82. The van der Waals surface area contributed by atoms with E-state index in [9.17, 15) is 34.1 Å². The fourth-order valence-electron chi connectivity index (χ4n) is 3.45. The van der Waals surface area contributed by atoms with Gasteiger partial charge in [0.05, 0.1) is 4.92 Å². The summed E-state index contributed by atoms with van der Waals surface area (Å²) in [7, 11) is 0. The Bertz CT molecular complexity index is 1090. The standard InChI is InChI=1S/C23H26N2O12/c1-12(26)33-11-18-21(34-13(2)27)22(35-14(3)28)20(23(37-18)36-15(4)29)24-19(30)9-8-16-6-5-7-17(10-16)25(31)32/h5-10,18,20-23H,11H2,1-4H3,(H,24,30)/b9-8+. The molecule has 14 nitrogen and oxygen atoms in total. The molecule has 37 heavy (non-hydrogen) atoms. The number of amides is 1. The zero-order valence-electron chi connectivity index (χ0n) is 20.4. The first-order chi connectivity index (χ1) is 17.4. The fraction of sp³-hybridized carbons (Fsp3) is 0.435. The molecular weight excluding hydrogens is 496 g/mol. The number of esters is 4. The number of hydrogen-bond acceptors (Lipinski definition) is 12. The van der Waals surface area contributed by atoms with Gasteiger partial charge in [-0.15, -0.1) is 0 Å². The van der Waals surface area contributed by atoms with Crippen molar-refractivity contribution in [3.8, 4) is 0 Å². The van der Waals surface area contributed by atoms with E-state index in [1.807, 2.05) is 0 Å². The molecule has 1 aromatic rings. The van der Waals surface area contributed by atoms with Crippen LogP contribution in [0.4, 0.5) is 5.69 Å². The van der Waals surface area contributed by atoms with Gasteiger partial charge in [-0.25, -0.2) is 0 Å². The summed E-state index contributed by atoms with van der Waals surface area (Å²) in [6.07, 6.45) is -3.21. The number of non-ortho nitro benzene ring substituents is 1. The van der Waals surface area contributed by atoms with Crippen LogP contribution in [0.15, 0.2) is 30.3 Å². The molecule has 2 rings (SSSR count). The molecule has 14 heteroatoms. The Balaban J connectivity index is 2.38. The number of carbonyl (C=O) groups excluding carboxylic acids is 5. The molecule has 1 aliphatic rings. The predicted octanol–water partition coefficient (Wildman–Crippen LogP) is 0.807. The number of nitro benzene ring substituents is 1. The Morgan fingerprint density at radius 2 is 1.59 bits per heavy atom. The van der Waals surface area contributed by atoms with Crippen LogP contribution in [0.25, 0.3) is 6.08 Å². The third-order valence-corrected chi connectivity index (χ3v) is 4.80. The maximum Gasteiger partial charge on any atom is 0.305 e. The molecule has 0 saturated carbocycles. The van der Waals surface area contributed by atoms with Crippen LogP contribution in [-0.2, 0) is 47.7 Å². The molecule has 1 heterocycles. The topological polar surface area (TPSA) is 187 Å². The molecule has 0 aromatic heterocycles. The second-order valence-electron chi connectivity index (χ2n) is 7.82. The molecule has 1 amide bonds. The quantitative estimate of drug-likeness (QED) is 0.158. The van der Waals surface area contributed by atoms with Gasteiger partial charge >= 0.3 is 23.9 Å². The molecule has 0 bridgehead atoms. The van der Waals surface area contributed by atoms with E-state index in [0.29, 0.717) is 5.56 Å². The molecule has 1 fully saturated rings. The third kappa shape index (κ3) is 9.00. The first-order valence-electron chi connectivity index (χ1n) is 10.9. The smallest absolute Gasteiger partial charge is 0.305 e. The second kappa shape index (κ2) is 13.1. The van der Waals surface area contributed by atoms with E-state index in [4.69, 9.17) is 23.7 Å². The molecule has 1 saturated heterocycles. The van der Waals surface area contributed by atoms with Crippen LogP contribution in [0.3, 0.4) is 0 Å². The van der Waals surface area contributed by atoms with Crippen molar-refractivity contribution < 1.29 is 52.6 Å². The molecule has 0 radical (unpaired) electrons. The molecule has 1 aliphatic heterocycles. The Labute approximate surface area is 211 Å². The van der Waals surface area contributed by atoms with E-state index in [1.54, 1.807) is 0 Å². The number of rotatable bonds is 9. The summed E-state index contributed by atoms with van der Waals surface area (Å²) in [6.45, 7) is 3.92. The minimum atomic E-state index is -1.54. The zero-order chi connectivity index (χ0) is 27.7. The van der Waals surface area contributed by atoms with Crippen molar-refractivity contribution >= 4 is 41.5 Å². The van der Waals surface area contributed by atoms with Gasteiger partial charge in [-0.05, 0) is 11.6 Å². The average Bonchev–Trinajstić information content (AvgIpc) is 2.79. The first kappa shape index (κ1) is 28.9. The van der Waals surface area contributed by atoms with E-state index in [2.05, 4.69) is 5.32 Å². The summed E-state index contributed by atoms with van der Waals surface area (Å²) >= 11 is 0. The molecule has 0 spiro atoms. The number of nitrogens with one attached hydrogen (secondary N) is 1. The maximum atomic E-state index is 12.7. The highest BCUT2D eigenvalue weighted by molar-refractivity contribution is 5.92. The van der Waals surface area contributed by atoms with E-state index >= 15 is 0 Å². The number of nitrogens with zero attached hydrogens (tertiary/aromatic N) is 1. The maximum absolute atomic E-state index is 12.7. The number of carbonyl (C=O) groups is 5. The van der Waals surface area contributed by atoms with Crippen LogP contribution in [0.5, 0.6) is 0 Å². The van der Waals surface area contributed by atoms with Crippen LogP contribution in [0, 0.1) is 10.1 Å². The van der Waals surface area contributed by atoms with Gasteiger partial charge in [0.1, 0.15) is 18.8 Å². The third-order valence-electron chi connectivity index (χ3n) is 4.80. The zero-order valence-corrected chi connectivity index (χ0v) is 20.4. The number of hydrogen-bond donors (Lipinski definition) is 1. The normalized spacial score (nSPS) is 23.0. The van der Waals surface area contributed by atoms with Crippen molar-refractivity contribution in [2.75, 3.05) is 6.61 Å². The van der Waals surface area contributed by atoms with Crippen LogP contribution < -0.4 is 5.32 Å². The lowest BCUT2D eigenvalue weighted by atomic mass is 9.96. The van der Waals surface area contributed by atoms with Gasteiger partial charge < -0.3 is 29.0 Å². The largest absolute Gasteiger partial charge is 0.463 e. The molecule has 1 N–H and O–H groups in total. The molecule has 200 valence electrons. The number of ether oxygens (including phenoxy) is 5. The Morgan fingerprint density at radius 1 is 0.973 bits per heavy atom. The van der Waals surface area contributed by atoms with Crippen molar-refractivity contribution in [2.45, 2.75) is 58.3 Å². The minimum absolute atomic E-state index is 0.184. The Hall–Kier alpha value is -4.33. The van der Waals surface area contributed by atoms with Crippen LogP contribution in [0.2, 0.25) is 0 Å². The monoisotopic (exact) mass is 522 g/mol. The summed E-state index contributed by atoms with van der Waals surface area (Å²) in [6, 6.07) is 4.12. The molecule has 5 atom stereocenters. The van der Waals surface area contributed by atoms with Gasteiger partial charge in [0.25, 0.3) is 5.69 Å². The Kier molecular flexibility index (Phi) is 10.2. The summed E-state index contributed by atoms with van der Waals surface area (Å²) in [5.41, 5.74) is 0.160. The Morgan fingerprint density at radius 3 is 2.16 bits per heavy atom. The van der Waals surface area contributed by atoms with Crippen molar-refractivity contribution in [3.63, 3.8) is 0 Å². The highest BCUT2D eigenvalue weighted by atomic mass is 16.7. The molecule has 5 unspecified atom stereocenters. The van der Waals surface area contributed by atoms with E-state index in [0.717, 1.165) is 33.8 Å². The molecule has 1 aromatic carbocycles. The SMILES string of the molecule is CC(=O)OCC1OC(OC(C)=O)C(NC(=O)/C=C/c2cccc([N+](=O)[O-])c2)C(OC(C)=O)C1OC(C)=O. The summed E-state index contributed by atoms with van der Waals surface area (Å²) < 4.78 is 26.4. The van der Waals surface area contributed by atoms with Gasteiger partial charge in [0.15, 0.2) is 12.2 Å². The highest BCUT2D eigenvalue weighted by Crippen LogP contribution is 2.28. The van der Waals surface area contributed by atoms with Crippen LogP contribution >= 0.6 is 0 Å². The van der Waals surface area contributed by atoms with E-state index in [-0.39, 0.29) is 5.69 Å². The lowest BCUT2D eigenvalue weighted by Crippen LogP contribution is -2.66. The van der Waals surface area contributed by atoms with Gasteiger partial charge in [-0.3, -0.25) is 34.1 Å². The van der Waals surface area contributed by atoms with Gasteiger partial charge in [0, 0.05) is 45.9 Å². The van der Waals surface area contributed by atoms with Crippen molar-refractivity contribution in [1.82, 2.24) is 5.32 Å². The number of nitro groups is 1. The highest BCUT2D eigenvalue weighted by Gasteiger charge is 2.52. The molecule has 0 aliphatic carbocycles. The van der Waals surface area contributed by atoms with Crippen LogP contribution in [0.1, 0.15) is 33.3 Å². The van der Waals surface area contributed by atoms with Gasteiger partial charge in [0.2, 0.25) is 12.2 Å². The van der Waals surface area contributed by atoms with E-state index < -0.39 is 72.0 Å². The molecular formula is C23H26N2O12. The summed E-state index contributed by atoms with van der Waals surface area (Å²) in [5, 5.41) is 13.4. The van der Waals surface area contributed by atoms with Crippen molar-refractivity contribution in [3.05, 3.63) is 46.0 Å². The fourth-order valence-corrected chi connectivity index (χ4v) is 3.45. The van der Waals surface area contributed by atoms with Gasteiger partial charge in [-0.2, -0.15) is 0 Å². The summed E-state index contributed by atoms with van der Waals surface area (Å²) in [5.74, 6) is -3.88. The van der Waals surface area contributed by atoms with Crippen LogP contribution in [-0.4, -0.2) is 72.0 Å². The number of benzene rings is 1. The van der Waals surface area contributed by atoms with Gasteiger partial charge in [-0.1, -0.05) is 12.1 Å². The van der Waals surface area contributed by atoms with Crippen molar-refractivity contribution in [1.29, 1.82) is 0 Å². The lowest BCUT2D eigenvalue weighted by molar-refractivity contribution is -0.384. The predicted molar refractivity (Wildman–Crippen MR) is 122 cm³/mol. The summed E-state index contributed by atoms with van der Waals surface area (Å²) in [4.78, 5) is 69.9. The first-order valence-corrected chi connectivity index (χ1v) is 10.9. The lowest BCUT2D eigenvalue weighted by Gasteiger charge is -2.44. The average molecular weight is 522 g/mol. The van der Waals surface area contributed by atoms with Crippen molar-refractivity contribution in [2.24, 2.45) is 0 Å². The van der Waals surface area contributed by atoms with E-state index in [1.165, 1.54) is 30.3 Å².